The Labute approximate surface area is 176 Å². The molecule has 0 unspecified atom stereocenters. The van der Waals surface area contributed by atoms with E-state index in [0.717, 1.165) is 11.1 Å². The molecule has 6 nitrogen and oxygen atoms in total. The molecule has 0 radical (unpaired) electrons. The van der Waals surface area contributed by atoms with Crippen LogP contribution < -0.4 is 10.1 Å². The minimum atomic E-state index is -3.80. The smallest absolute Gasteiger partial charge is 0.242 e. The first-order chi connectivity index (χ1) is 14.4. The van der Waals surface area contributed by atoms with Gasteiger partial charge in [0.05, 0.1) is 17.2 Å². The molecule has 0 bridgehead atoms. The molecule has 1 amide bonds. The Morgan fingerprint density at radius 1 is 0.933 bits per heavy atom. The highest BCUT2D eigenvalue weighted by Crippen LogP contribution is 2.20. The van der Waals surface area contributed by atoms with Crippen molar-refractivity contribution in [3.8, 4) is 0 Å². The third-order valence-electron chi connectivity index (χ3n) is 4.42. The zero-order valence-corrected chi connectivity index (χ0v) is 17.3. The van der Waals surface area contributed by atoms with Crippen molar-refractivity contribution in [1.29, 1.82) is 0 Å². The highest BCUT2D eigenvalue weighted by atomic mass is 32.2. The second-order valence-corrected chi connectivity index (χ2v) is 8.52. The SMILES string of the molecule is Cc1ccc(S(=O)(=O)N[C@@H](CC(=O)N/N=C\c2ccccc2)c2ccccc2)cc1. The van der Waals surface area contributed by atoms with Crippen LogP contribution in [0.1, 0.15) is 29.2 Å². The minimum Gasteiger partial charge on any atom is -0.273 e. The van der Waals surface area contributed by atoms with E-state index in [-0.39, 0.29) is 11.3 Å². The molecular formula is C23H23N3O3S. The van der Waals surface area contributed by atoms with Gasteiger partial charge in [0, 0.05) is 6.42 Å². The molecule has 0 fully saturated rings. The molecule has 0 aliphatic rings. The van der Waals surface area contributed by atoms with E-state index in [1.54, 1.807) is 48.5 Å². The number of hydrogen-bond donors (Lipinski definition) is 2. The average molecular weight is 422 g/mol. The lowest BCUT2D eigenvalue weighted by Gasteiger charge is -2.18. The highest BCUT2D eigenvalue weighted by Gasteiger charge is 2.23. The maximum absolute atomic E-state index is 12.8. The largest absolute Gasteiger partial charge is 0.273 e. The van der Waals surface area contributed by atoms with Crippen LogP contribution in [0.3, 0.4) is 0 Å². The van der Waals surface area contributed by atoms with E-state index < -0.39 is 22.0 Å². The Morgan fingerprint density at radius 2 is 1.53 bits per heavy atom. The quantitative estimate of drug-likeness (QED) is 0.431. The minimum absolute atomic E-state index is 0.0960. The second kappa shape index (κ2) is 9.96. The maximum Gasteiger partial charge on any atom is 0.242 e. The van der Waals surface area contributed by atoms with Crippen molar-refractivity contribution in [1.82, 2.24) is 10.1 Å². The maximum atomic E-state index is 12.8. The number of rotatable bonds is 8. The fraction of sp³-hybridized carbons (Fsp3) is 0.130. The van der Waals surface area contributed by atoms with Crippen LogP contribution in [0.15, 0.2) is 94.9 Å². The number of hydrazone groups is 1. The van der Waals surface area contributed by atoms with Crippen molar-refractivity contribution in [2.45, 2.75) is 24.3 Å². The summed E-state index contributed by atoms with van der Waals surface area (Å²) in [5.74, 6) is -0.400. The first-order valence-corrected chi connectivity index (χ1v) is 10.9. The summed E-state index contributed by atoms with van der Waals surface area (Å²) in [4.78, 5) is 12.6. The summed E-state index contributed by atoms with van der Waals surface area (Å²) in [6.45, 7) is 1.89. The van der Waals surface area contributed by atoms with Crippen molar-refractivity contribution < 1.29 is 13.2 Å². The van der Waals surface area contributed by atoms with Crippen LogP contribution in [0.2, 0.25) is 0 Å². The monoisotopic (exact) mass is 421 g/mol. The molecule has 0 aliphatic heterocycles. The molecule has 0 heterocycles. The van der Waals surface area contributed by atoms with Crippen molar-refractivity contribution in [2.24, 2.45) is 5.10 Å². The van der Waals surface area contributed by atoms with Crippen LogP contribution >= 0.6 is 0 Å². The topological polar surface area (TPSA) is 87.6 Å². The molecule has 0 saturated heterocycles. The van der Waals surface area contributed by atoms with Gasteiger partial charge in [0.2, 0.25) is 15.9 Å². The molecule has 1 atom stereocenters. The van der Waals surface area contributed by atoms with Gasteiger partial charge in [0.15, 0.2) is 0 Å². The lowest BCUT2D eigenvalue weighted by atomic mass is 10.0. The Hall–Kier alpha value is -3.29. The fourth-order valence-electron chi connectivity index (χ4n) is 2.83. The Morgan fingerprint density at radius 3 is 2.17 bits per heavy atom. The average Bonchev–Trinajstić information content (AvgIpc) is 2.75. The first-order valence-electron chi connectivity index (χ1n) is 9.45. The molecule has 0 aliphatic carbocycles. The third-order valence-corrected chi connectivity index (χ3v) is 5.91. The number of sulfonamides is 1. The molecule has 154 valence electrons. The van der Waals surface area contributed by atoms with Gasteiger partial charge in [-0.3, -0.25) is 4.79 Å². The van der Waals surface area contributed by atoms with Gasteiger partial charge in [0.1, 0.15) is 0 Å². The van der Waals surface area contributed by atoms with E-state index in [4.69, 9.17) is 0 Å². The van der Waals surface area contributed by atoms with Crippen LogP contribution in [0.5, 0.6) is 0 Å². The molecule has 2 N–H and O–H groups in total. The summed E-state index contributed by atoms with van der Waals surface area (Å²) in [5, 5.41) is 3.95. The molecule has 3 rings (SSSR count). The number of benzene rings is 3. The number of amides is 1. The van der Waals surface area contributed by atoms with Gasteiger partial charge in [-0.2, -0.15) is 5.10 Å². The number of hydrogen-bond acceptors (Lipinski definition) is 4. The number of carbonyl (C=O) groups excluding carboxylic acids is 1. The molecule has 30 heavy (non-hydrogen) atoms. The zero-order chi connectivity index (χ0) is 21.4. The van der Waals surface area contributed by atoms with Crippen LogP contribution in [0, 0.1) is 6.92 Å². The summed E-state index contributed by atoms with van der Waals surface area (Å²) in [7, 11) is -3.80. The molecule has 0 saturated carbocycles. The first kappa shape index (κ1) is 21.4. The summed E-state index contributed by atoms with van der Waals surface area (Å²) in [6, 6.07) is 24.2. The summed E-state index contributed by atoms with van der Waals surface area (Å²) < 4.78 is 28.3. The van der Waals surface area contributed by atoms with Crippen molar-refractivity contribution >= 4 is 22.1 Å². The van der Waals surface area contributed by atoms with Gasteiger partial charge in [0.25, 0.3) is 0 Å². The van der Waals surface area contributed by atoms with Gasteiger partial charge in [-0.25, -0.2) is 18.6 Å². The Kier molecular flexibility index (Phi) is 7.11. The van der Waals surface area contributed by atoms with Crippen molar-refractivity contribution in [3.63, 3.8) is 0 Å². The van der Waals surface area contributed by atoms with E-state index in [1.807, 2.05) is 43.3 Å². The fourth-order valence-corrected chi connectivity index (χ4v) is 4.06. The van der Waals surface area contributed by atoms with Crippen LogP contribution in [-0.2, 0) is 14.8 Å². The Balaban J connectivity index is 1.73. The van der Waals surface area contributed by atoms with Crippen molar-refractivity contribution in [2.75, 3.05) is 0 Å². The van der Waals surface area contributed by atoms with E-state index >= 15 is 0 Å². The van der Waals surface area contributed by atoms with Crippen LogP contribution in [-0.4, -0.2) is 20.5 Å². The zero-order valence-electron chi connectivity index (χ0n) is 16.5. The van der Waals surface area contributed by atoms with Gasteiger partial charge in [-0.15, -0.1) is 0 Å². The molecule has 3 aromatic rings. The number of nitrogens with one attached hydrogen (secondary N) is 2. The van der Waals surface area contributed by atoms with E-state index in [2.05, 4.69) is 15.2 Å². The number of carbonyl (C=O) groups is 1. The summed E-state index contributed by atoms with van der Waals surface area (Å²) >= 11 is 0. The van der Waals surface area contributed by atoms with E-state index in [9.17, 15) is 13.2 Å². The van der Waals surface area contributed by atoms with Gasteiger partial charge >= 0.3 is 0 Å². The second-order valence-electron chi connectivity index (χ2n) is 6.81. The van der Waals surface area contributed by atoms with Gasteiger partial charge in [-0.05, 0) is 30.2 Å². The molecule has 7 heteroatoms. The summed E-state index contributed by atoms with van der Waals surface area (Å²) in [6.07, 6.45) is 1.44. The lowest BCUT2D eigenvalue weighted by Crippen LogP contribution is -2.32. The molecule has 3 aromatic carbocycles. The Bertz CT molecular complexity index is 1100. The van der Waals surface area contributed by atoms with Gasteiger partial charge < -0.3 is 0 Å². The molecule has 0 spiro atoms. The van der Waals surface area contributed by atoms with Gasteiger partial charge in [-0.1, -0.05) is 78.4 Å². The predicted octanol–water partition coefficient (Wildman–Crippen LogP) is 3.56. The third kappa shape index (κ3) is 6.10. The lowest BCUT2D eigenvalue weighted by molar-refractivity contribution is -0.121. The van der Waals surface area contributed by atoms with E-state index in [0.29, 0.717) is 5.56 Å². The van der Waals surface area contributed by atoms with Crippen LogP contribution in [0.25, 0.3) is 0 Å². The number of nitrogens with zero attached hydrogens (tertiary/aromatic N) is 1. The van der Waals surface area contributed by atoms with Crippen molar-refractivity contribution in [3.05, 3.63) is 102 Å². The number of aryl methyl sites for hydroxylation is 1. The normalized spacial score (nSPS) is 12.6. The standard InChI is InChI=1S/C23H23N3O3S/c1-18-12-14-21(15-13-18)30(28,29)26-22(20-10-6-3-7-11-20)16-23(27)25-24-17-19-8-4-2-5-9-19/h2-15,17,22,26H,16H2,1H3,(H,25,27)/b24-17-/t22-/m0/s1. The molecular weight excluding hydrogens is 398 g/mol. The van der Waals surface area contributed by atoms with E-state index in [1.165, 1.54) is 6.21 Å². The highest BCUT2D eigenvalue weighted by molar-refractivity contribution is 7.89. The summed E-state index contributed by atoms with van der Waals surface area (Å²) in [5.41, 5.74) is 4.96. The molecule has 0 aromatic heterocycles. The predicted molar refractivity (Wildman–Crippen MR) is 117 cm³/mol. The van der Waals surface area contributed by atoms with Crippen LogP contribution in [0.4, 0.5) is 0 Å².